The molecule has 0 bridgehead atoms. The van der Waals surface area contributed by atoms with Gasteiger partial charge in [0.1, 0.15) is 0 Å². The highest BCUT2D eigenvalue weighted by atomic mass is 35.5. The van der Waals surface area contributed by atoms with E-state index in [1.807, 2.05) is 23.7 Å². The van der Waals surface area contributed by atoms with Gasteiger partial charge in [-0.1, -0.05) is 31.0 Å². The molecule has 0 aliphatic carbocycles. The van der Waals surface area contributed by atoms with E-state index in [1.165, 1.54) is 0 Å². The van der Waals surface area contributed by atoms with E-state index in [-0.39, 0.29) is 5.97 Å². The molecule has 0 aliphatic rings. The van der Waals surface area contributed by atoms with E-state index >= 15 is 0 Å². The molecule has 18 heavy (non-hydrogen) atoms. The summed E-state index contributed by atoms with van der Waals surface area (Å²) < 4.78 is 7.12. The molecule has 1 aromatic heterocycles. The van der Waals surface area contributed by atoms with Crippen molar-refractivity contribution in [3.63, 3.8) is 0 Å². The number of unbranched alkanes of at least 4 members (excludes halogenated alkanes) is 1. The van der Waals surface area contributed by atoms with Gasteiger partial charge < -0.3 is 9.30 Å². The predicted octanol–water partition coefficient (Wildman–Crippen LogP) is 3.79. The number of fused-ring (bicyclic) bond motifs is 1. The van der Waals surface area contributed by atoms with Crippen LogP contribution in [0.25, 0.3) is 10.9 Å². The van der Waals surface area contributed by atoms with Crippen molar-refractivity contribution in [1.82, 2.24) is 4.57 Å². The van der Waals surface area contributed by atoms with Crippen molar-refractivity contribution in [2.75, 3.05) is 6.61 Å². The first kappa shape index (κ1) is 13.0. The number of aryl methyl sites for hydroxylation is 1. The maximum Gasteiger partial charge on any atom is 0.340 e. The van der Waals surface area contributed by atoms with Gasteiger partial charge >= 0.3 is 5.97 Å². The Hall–Kier alpha value is -1.48. The quantitative estimate of drug-likeness (QED) is 0.622. The van der Waals surface area contributed by atoms with Crippen LogP contribution in [0, 0.1) is 0 Å². The van der Waals surface area contributed by atoms with Crippen LogP contribution in [0.2, 0.25) is 5.02 Å². The minimum absolute atomic E-state index is 0.267. The number of carbonyl (C=O) groups excluding carboxylic acids is 1. The van der Waals surface area contributed by atoms with Crippen LogP contribution in [0.15, 0.2) is 24.4 Å². The Morgan fingerprint density at radius 1 is 1.44 bits per heavy atom. The Bertz CT molecular complexity index is 574. The highest BCUT2D eigenvalue weighted by Crippen LogP contribution is 2.24. The second-order valence-corrected chi connectivity index (χ2v) is 4.74. The Morgan fingerprint density at radius 2 is 2.22 bits per heavy atom. The van der Waals surface area contributed by atoms with Gasteiger partial charge in [-0.15, -0.1) is 0 Å². The fourth-order valence-electron chi connectivity index (χ4n) is 1.91. The third-order valence-corrected chi connectivity index (χ3v) is 3.14. The van der Waals surface area contributed by atoms with Crippen LogP contribution in [0.4, 0.5) is 0 Å². The SMILES string of the molecule is CCCCOC(=O)c1cn(C)c2cc(Cl)ccc12. The molecule has 0 saturated carbocycles. The van der Waals surface area contributed by atoms with E-state index in [2.05, 4.69) is 6.92 Å². The molecule has 96 valence electrons. The van der Waals surface area contributed by atoms with Gasteiger partial charge in [-0.05, 0) is 18.6 Å². The van der Waals surface area contributed by atoms with E-state index in [1.54, 1.807) is 12.3 Å². The summed E-state index contributed by atoms with van der Waals surface area (Å²) >= 11 is 5.95. The van der Waals surface area contributed by atoms with Crippen molar-refractivity contribution < 1.29 is 9.53 Å². The molecular formula is C14H16ClNO2. The lowest BCUT2D eigenvalue weighted by Crippen LogP contribution is -2.05. The number of nitrogens with zero attached hydrogens (tertiary/aromatic N) is 1. The summed E-state index contributed by atoms with van der Waals surface area (Å²) in [5.74, 6) is -0.267. The van der Waals surface area contributed by atoms with Gasteiger partial charge in [0.05, 0.1) is 17.7 Å². The fourth-order valence-corrected chi connectivity index (χ4v) is 2.07. The van der Waals surface area contributed by atoms with Gasteiger partial charge in [0, 0.05) is 23.7 Å². The maximum absolute atomic E-state index is 12.0. The molecule has 2 rings (SSSR count). The van der Waals surface area contributed by atoms with Crippen molar-refractivity contribution >= 4 is 28.5 Å². The molecule has 1 heterocycles. The van der Waals surface area contributed by atoms with Gasteiger partial charge in [0.25, 0.3) is 0 Å². The highest BCUT2D eigenvalue weighted by Gasteiger charge is 2.15. The fraction of sp³-hybridized carbons (Fsp3) is 0.357. The second-order valence-electron chi connectivity index (χ2n) is 4.30. The van der Waals surface area contributed by atoms with Crippen molar-refractivity contribution in [2.24, 2.45) is 7.05 Å². The summed E-state index contributed by atoms with van der Waals surface area (Å²) in [5.41, 5.74) is 1.53. The average molecular weight is 266 g/mol. The van der Waals surface area contributed by atoms with E-state index in [0.717, 1.165) is 23.7 Å². The first-order valence-electron chi connectivity index (χ1n) is 6.05. The standard InChI is InChI=1S/C14H16ClNO2/c1-3-4-7-18-14(17)12-9-16(2)13-8-10(15)5-6-11(12)13/h5-6,8-9H,3-4,7H2,1-2H3. The van der Waals surface area contributed by atoms with Crippen molar-refractivity contribution in [3.05, 3.63) is 35.0 Å². The van der Waals surface area contributed by atoms with Crippen LogP contribution in [-0.4, -0.2) is 17.1 Å². The first-order chi connectivity index (χ1) is 8.63. The van der Waals surface area contributed by atoms with E-state index in [0.29, 0.717) is 17.2 Å². The predicted molar refractivity (Wildman–Crippen MR) is 73.1 cm³/mol. The lowest BCUT2D eigenvalue weighted by molar-refractivity contribution is 0.0502. The topological polar surface area (TPSA) is 31.2 Å². The summed E-state index contributed by atoms with van der Waals surface area (Å²) in [6.45, 7) is 2.53. The third-order valence-electron chi connectivity index (χ3n) is 2.90. The number of halogens is 1. The minimum Gasteiger partial charge on any atom is -0.462 e. The molecule has 0 radical (unpaired) electrons. The van der Waals surface area contributed by atoms with Gasteiger partial charge in [0.15, 0.2) is 0 Å². The van der Waals surface area contributed by atoms with Crippen molar-refractivity contribution in [1.29, 1.82) is 0 Å². The lowest BCUT2D eigenvalue weighted by atomic mass is 10.2. The number of esters is 1. The van der Waals surface area contributed by atoms with E-state index in [9.17, 15) is 4.79 Å². The second kappa shape index (κ2) is 5.44. The Labute approximate surface area is 111 Å². The molecule has 0 atom stereocenters. The summed E-state index contributed by atoms with van der Waals surface area (Å²) in [7, 11) is 1.89. The van der Waals surface area contributed by atoms with Gasteiger partial charge in [-0.2, -0.15) is 0 Å². The van der Waals surface area contributed by atoms with Crippen LogP contribution in [0.3, 0.4) is 0 Å². The maximum atomic E-state index is 12.0. The molecule has 4 heteroatoms. The van der Waals surface area contributed by atoms with Crippen LogP contribution >= 0.6 is 11.6 Å². The van der Waals surface area contributed by atoms with Crippen LogP contribution in [0.1, 0.15) is 30.1 Å². The summed E-state index contributed by atoms with van der Waals surface area (Å²) in [6.07, 6.45) is 3.69. The number of hydrogen-bond acceptors (Lipinski definition) is 2. The van der Waals surface area contributed by atoms with Gasteiger partial charge in [0.2, 0.25) is 0 Å². The number of hydrogen-bond donors (Lipinski definition) is 0. The summed E-state index contributed by atoms with van der Waals surface area (Å²) in [6, 6.07) is 5.49. The largest absolute Gasteiger partial charge is 0.462 e. The number of rotatable bonds is 4. The molecule has 3 nitrogen and oxygen atoms in total. The number of carbonyl (C=O) groups is 1. The zero-order valence-corrected chi connectivity index (χ0v) is 11.3. The van der Waals surface area contributed by atoms with Gasteiger partial charge in [-0.3, -0.25) is 0 Å². The monoisotopic (exact) mass is 265 g/mol. The van der Waals surface area contributed by atoms with Crippen LogP contribution in [-0.2, 0) is 11.8 Å². The molecule has 0 spiro atoms. The van der Waals surface area contributed by atoms with Gasteiger partial charge in [-0.25, -0.2) is 4.79 Å². The molecule has 0 fully saturated rings. The lowest BCUT2D eigenvalue weighted by Gasteiger charge is -2.02. The number of aromatic nitrogens is 1. The average Bonchev–Trinajstić information content (AvgIpc) is 2.67. The molecular weight excluding hydrogens is 250 g/mol. The molecule has 0 N–H and O–H groups in total. The van der Waals surface area contributed by atoms with E-state index in [4.69, 9.17) is 16.3 Å². The Kier molecular flexibility index (Phi) is 3.92. The van der Waals surface area contributed by atoms with Crippen LogP contribution in [0.5, 0.6) is 0 Å². The zero-order valence-electron chi connectivity index (χ0n) is 10.6. The molecule has 0 amide bonds. The molecule has 1 aromatic carbocycles. The summed E-state index contributed by atoms with van der Waals surface area (Å²) in [5, 5.41) is 1.54. The van der Waals surface area contributed by atoms with Crippen molar-refractivity contribution in [2.45, 2.75) is 19.8 Å². The highest BCUT2D eigenvalue weighted by molar-refractivity contribution is 6.31. The molecule has 0 saturated heterocycles. The first-order valence-corrected chi connectivity index (χ1v) is 6.43. The smallest absolute Gasteiger partial charge is 0.340 e. The Morgan fingerprint density at radius 3 is 2.94 bits per heavy atom. The zero-order chi connectivity index (χ0) is 13.1. The molecule has 2 aromatic rings. The van der Waals surface area contributed by atoms with E-state index < -0.39 is 0 Å². The molecule has 0 aliphatic heterocycles. The number of ether oxygens (including phenoxy) is 1. The summed E-state index contributed by atoms with van der Waals surface area (Å²) in [4.78, 5) is 12.0. The Balaban J connectivity index is 2.31. The number of benzene rings is 1. The van der Waals surface area contributed by atoms with Crippen LogP contribution < -0.4 is 0 Å². The minimum atomic E-state index is -0.267. The third kappa shape index (κ3) is 2.51. The molecule has 0 unspecified atom stereocenters. The van der Waals surface area contributed by atoms with Crippen molar-refractivity contribution in [3.8, 4) is 0 Å². The normalized spacial score (nSPS) is 10.8.